The Morgan fingerprint density at radius 1 is 1.09 bits per heavy atom. The zero-order chi connectivity index (χ0) is 16.2. The normalized spacial score (nSPS) is 10.3. The quantitative estimate of drug-likeness (QED) is 0.684. The molecule has 0 radical (unpaired) electrons. The van der Waals surface area contributed by atoms with Crippen LogP contribution in [0.4, 0.5) is 0 Å². The molecular formula is C19H15N3O. The van der Waals surface area contributed by atoms with E-state index < -0.39 is 0 Å². The van der Waals surface area contributed by atoms with Gasteiger partial charge in [0.15, 0.2) is 5.78 Å². The van der Waals surface area contributed by atoms with Crippen molar-refractivity contribution in [2.75, 3.05) is 0 Å². The van der Waals surface area contributed by atoms with Gasteiger partial charge in [-0.15, -0.1) is 0 Å². The fourth-order valence-corrected chi connectivity index (χ4v) is 2.34. The molecule has 0 aliphatic heterocycles. The van der Waals surface area contributed by atoms with Crippen molar-refractivity contribution >= 4 is 5.78 Å². The van der Waals surface area contributed by atoms with Crippen LogP contribution in [-0.4, -0.2) is 15.6 Å². The van der Waals surface area contributed by atoms with Crippen LogP contribution in [0.1, 0.15) is 29.3 Å². The van der Waals surface area contributed by atoms with Crippen molar-refractivity contribution in [3.8, 4) is 23.0 Å². The first-order chi connectivity index (χ1) is 11.2. The number of rotatable bonds is 4. The molecule has 0 spiro atoms. The number of aromatic nitrogens is 2. The molecule has 3 rings (SSSR count). The van der Waals surface area contributed by atoms with Gasteiger partial charge < -0.3 is 0 Å². The molecule has 0 atom stereocenters. The number of nitrogens with zero attached hydrogens (tertiary/aromatic N) is 3. The smallest absolute Gasteiger partial charge is 0.162 e. The number of carbonyl (C=O) groups excluding carboxylic acids is 1. The Balaban J connectivity index is 1.86. The molecular weight excluding hydrogens is 286 g/mol. The van der Waals surface area contributed by atoms with Crippen LogP contribution in [0.5, 0.6) is 0 Å². The van der Waals surface area contributed by atoms with Gasteiger partial charge in [-0.2, -0.15) is 10.4 Å². The van der Waals surface area contributed by atoms with E-state index in [0.29, 0.717) is 12.0 Å². The van der Waals surface area contributed by atoms with Crippen LogP contribution in [0, 0.1) is 11.3 Å². The second-order valence-electron chi connectivity index (χ2n) is 5.16. The van der Waals surface area contributed by atoms with Gasteiger partial charge in [0, 0.05) is 23.7 Å². The minimum atomic E-state index is 0.135. The van der Waals surface area contributed by atoms with Crippen molar-refractivity contribution in [3.05, 3.63) is 71.9 Å². The molecule has 2 aromatic carbocycles. The average molecular weight is 301 g/mol. The third kappa shape index (κ3) is 3.04. The highest BCUT2D eigenvalue weighted by molar-refractivity contribution is 5.95. The lowest BCUT2D eigenvalue weighted by Crippen LogP contribution is -1.99. The number of hydrogen-bond acceptors (Lipinski definition) is 3. The second-order valence-corrected chi connectivity index (χ2v) is 5.16. The highest BCUT2D eigenvalue weighted by Crippen LogP contribution is 2.19. The van der Waals surface area contributed by atoms with Gasteiger partial charge in [-0.1, -0.05) is 19.1 Å². The Kier molecular flexibility index (Phi) is 4.03. The molecule has 4 nitrogen and oxygen atoms in total. The number of ketones is 1. The summed E-state index contributed by atoms with van der Waals surface area (Å²) in [6.07, 6.45) is 2.38. The van der Waals surface area contributed by atoms with E-state index in [9.17, 15) is 4.79 Å². The molecule has 3 aromatic rings. The minimum absolute atomic E-state index is 0.135. The van der Waals surface area contributed by atoms with Crippen molar-refractivity contribution < 1.29 is 4.79 Å². The Hall–Kier alpha value is -3.19. The van der Waals surface area contributed by atoms with Gasteiger partial charge in [-0.25, -0.2) is 4.68 Å². The van der Waals surface area contributed by atoms with Gasteiger partial charge in [-0.05, 0) is 42.5 Å². The molecule has 23 heavy (non-hydrogen) atoms. The van der Waals surface area contributed by atoms with E-state index in [2.05, 4.69) is 11.2 Å². The first-order valence-electron chi connectivity index (χ1n) is 7.41. The number of nitriles is 1. The van der Waals surface area contributed by atoms with E-state index in [4.69, 9.17) is 5.26 Å². The lowest BCUT2D eigenvalue weighted by atomic mass is 10.1. The molecule has 0 aliphatic carbocycles. The van der Waals surface area contributed by atoms with Crippen LogP contribution in [0.2, 0.25) is 0 Å². The summed E-state index contributed by atoms with van der Waals surface area (Å²) < 4.78 is 1.77. The molecule has 0 saturated carbocycles. The highest BCUT2D eigenvalue weighted by atomic mass is 16.1. The van der Waals surface area contributed by atoms with E-state index in [0.717, 1.165) is 22.5 Å². The summed E-state index contributed by atoms with van der Waals surface area (Å²) in [5.41, 5.74) is 4.04. The summed E-state index contributed by atoms with van der Waals surface area (Å²) in [5.74, 6) is 0.135. The standard InChI is InChI=1S/C19H15N3O/c1-2-19(23)16-7-9-17(10-8-16)22-12-11-18(21-22)15-5-3-14(13-20)4-6-15/h3-12H,2H2,1H3. The first-order valence-corrected chi connectivity index (χ1v) is 7.41. The molecule has 0 saturated heterocycles. The number of Topliss-reactive ketones (excluding diaryl/α,β-unsaturated/α-hetero) is 1. The van der Waals surface area contributed by atoms with E-state index in [-0.39, 0.29) is 5.78 Å². The fourth-order valence-electron chi connectivity index (χ4n) is 2.34. The van der Waals surface area contributed by atoms with Crippen molar-refractivity contribution in [1.82, 2.24) is 9.78 Å². The number of hydrogen-bond donors (Lipinski definition) is 0. The zero-order valence-electron chi connectivity index (χ0n) is 12.7. The SMILES string of the molecule is CCC(=O)c1ccc(-n2ccc(-c3ccc(C#N)cc3)n2)cc1. The molecule has 0 aliphatic rings. The van der Waals surface area contributed by atoms with E-state index in [1.54, 1.807) is 16.8 Å². The Morgan fingerprint density at radius 2 is 1.78 bits per heavy atom. The van der Waals surface area contributed by atoms with Gasteiger partial charge in [0.25, 0.3) is 0 Å². The molecule has 112 valence electrons. The Bertz CT molecular complexity index is 868. The maximum atomic E-state index is 11.7. The van der Waals surface area contributed by atoms with Crippen LogP contribution in [0.15, 0.2) is 60.8 Å². The topological polar surface area (TPSA) is 58.7 Å². The van der Waals surface area contributed by atoms with Gasteiger partial charge in [0.2, 0.25) is 0 Å². The van der Waals surface area contributed by atoms with Crippen molar-refractivity contribution in [3.63, 3.8) is 0 Å². The predicted molar refractivity (Wildman–Crippen MR) is 88.3 cm³/mol. The third-order valence-electron chi connectivity index (χ3n) is 3.67. The van der Waals surface area contributed by atoms with E-state index in [1.165, 1.54) is 0 Å². The summed E-state index contributed by atoms with van der Waals surface area (Å²) in [7, 11) is 0. The van der Waals surface area contributed by atoms with Crippen molar-refractivity contribution in [2.45, 2.75) is 13.3 Å². The minimum Gasteiger partial charge on any atom is -0.294 e. The van der Waals surface area contributed by atoms with Crippen LogP contribution < -0.4 is 0 Å². The fraction of sp³-hybridized carbons (Fsp3) is 0.105. The molecule has 1 heterocycles. The lowest BCUT2D eigenvalue weighted by molar-refractivity contribution is 0.0988. The molecule has 0 bridgehead atoms. The number of carbonyl (C=O) groups is 1. The zero-order valence-corrected chi connectivity index (χ0v) is 12.7. The second kappa shape index (κ2) is 6.29. The molecule has 4 heteroatoms. The summed E-state index contributed by atoms with van der Waals surface area (Å²) in [6, 6.07) is 18.8. The van der Waals surface area contributed by atoms with Gasteiger partial charge >= 0.3 is 0 Å². The third-order valence-corrected chi connectivity index (χ3v) is 3.67. The Labute approximate surface area is 134 Å². The largest absolute Gasteiger partial charge is 0.294 e. The molecule has 0 amide bonds. The van der Waals surface area contributed by atoms with Gasteiger partial charge in [-0.3, -0.25) is 4.79 Å². The summed E-state index contributed by atoms with van der Waals surface area (Å²) in [6.45, 7) is 1.85. The molecule has 0 N–H and O–H groups in total. The molecule has 0 unspecified atom stereocenters. The van der Waals surface area contributed by atoms with Crippen molar-refractivity contribution in [2.24, 2.45) is 0 Å². The predicted octanol–water partition coefficient (Wildman–Crippen LogP) is 4.00. The van der Waals surface area contributed by atoms with Crippen LogP contribution in [-0.2, 0) is 0 Å². The van der Waals surface area contributed by atoms with Gasteiger partial charge in [0.05, 0.1) is 23.0 Å². The van der Waals surface area contributed by atoms with E-state index in [1.807, 2.05) is 55.6 Å². The van der Waals surface area contributed by atoms with Crippen LogP contribution >= 0.6 is 0 Å². The van der Waals surface area contributed by atoms with Crippen LogP contribution in [0.3, 0.4) is 0 Å². The lowest BCUT2D eigenvalue weighted by Gasteiger charge is -2.03. The average Bonchev–Trinajstić information content (AvgIpc) is 3.11. The maximum Gasteiger partial charge on any atom is 0.162 e. The summed E-state index contributed by atoms with van der Waals surface area (Å²) >= 11 is 0. The highest BCUT2D eigenvalue weighted by Gasteiger charge is 2.06. The van der Waals surface area contributed by atoms with E-state index >= 15 is 0 Å². The number of benzene rings is 2. The maximum absolute atomic E-state index is 11.7. The Morgan fingerprint density at radius 3 is 2.39 bits per heavy atom. The first kappa shape index (κ1) is 14.7. The van der Waals surface area contributed by atoms with Crippen LogP contribution in [0.25, 0.3) is 16.9 Å². The van der Waals surface area contributed by atoms with Gasteiger partial charge in [0.1, 0.15) is 0 Å². The summed E-state index contributed by atoms with van der Waals surface area (Å²) in [5, 5.41) is 13.4. The molecule has 0 fully saturated rings. The summed E-state index contributed by atoms with van der Waals surface area (Å²) in [4.78, 5) is 11.7. The molecule has 1 aromatic heterocycles. The monoisotopic (exact) mass is 301 g/mol. The van der Waals surface area contributed by atoms with Crippen molar-refractivity contribution in [1.29, 1.82) is 5.26 Å².